The second-order valence-corrected chi connectivity index (χ2v) is 5.16. The lowest BCUT2D eigenvalue weighted by Crippen LogP contribution is -2.58. The quantitative estimate of drug-likeness (QED) is 0.697. The van der Waals surface area contributed by atoms with E-state index in [1.807, 2.05) is 4.90 Å². The van der Waals surface area contributed by atoms with Gasteiger partial charge < -0.3 is 15.5 Å². The van der Waals surface area contributed by atoms with Crippen LogP contribution in [0.1, 0.15) is 32.6 Å². The van der Waals surface area contributed by atoms with E-state index in [0.29, 0.717) is 26.2 Å². The summed E-state index contributed by atoms with van der Waals surface area (Å²) >= 11 is 0. The molecule has 0 radical (unpaired) electrons. The van der Waals surface area contributed by atoms with Crippen molar-refractivity contribution >= 4 is 11.8 Å². The topological polar surface area (TPSA) is 66.6 Å². The largest absolute Gasteiger partial charge is 0.339 e. The molecule has 1 heterocycles. The monoisotopic (exact) mass is 239 g/mol. The summed E-state index contributed by atoms with van der Waals surface area (Å²) in [6.07, 6.45) is 3.71. The lowest BCUT2D eigenvalue weighted by Gasteiger charge is -2.38. The van der Waals surface area contributed by atoms with E-state index < -0.39 is 5.54 Å². The molecule has 0 aromatic heterocycles. The standard InChI is InChI=1S/C12H21N3O2/c1-10(16)14-6-8-15(9-7-14)11(17)12(13)4-2-3-5-12/h2-9,13H2,1H3. The average molecular weight is 239 g/mol. The molecule has 17 heavy (non-hydrogen) atoms. The average Bonchev–Trinajstić information content (AvgIpc) is 2.76. The second kappa shape index (κ2) is 4.64. The van der Waals surface area contributed by atoms with Crippen molar-refractivity contribution in [3.05, 3.63) is 0 Å². The highest BCUT2D eigenvalue weighted by atomic mass is 16.2. The van der Waals surface area contributed by atoms with E-state index in [2.05, 4.69) is 0 Å². The summed E-state index contributed by atoms with van der Waals surface area (Å²) in [6, 6.07) is 0. The molecule has 0 unspecified atom stereocenters. The number of nitrogens with two attached hydrogens (primary N) is 1. The number of carbonyl (C=O) groups excluding carboxylic acids is 2. The molecule has 2 N–H and O–H groups in total. The Hall–Kier alpha value is -1.10. The van der Waals surface area contributed by atoms with Gasteiger partial charge in [0, 0.05) is 33.1 Å². The second-order valence-electron chi connectivity index (χ2n) is 5.16. The van der Waals surface area contributed by atoms with Gasteiger partial charge in [0.1, 0.15) is 0 Å². The van der Waals surface area contributed by atoms with Crippen LogP contribution in [0.25, 0.3) is 0 Å². The third-order valence-corrected chi connectivity index (χ3v) is 3.93. The Morgan fingerprint density at radius 3 is 1.94 bits per heavy atom. The molecule has 0 atom stereocenters. The first-order valence-corrected chi connectivity index (χ1v) is 6.37. The van der Waals surface area contributed by atoms with Gasteiger partial charge in [-0.2, -0.15) is 0 Å². The molecule has 5 nitrogen and oxygen atoms in total. The van der Waals surface area contributed by atoms with Gasteiger partial charge in [0.05, 0.1) is 5.54 Å². The number of nitrogens with zero attached hydrogens (tertiary/aromatic N) is 2. The molecule has 1 saturated heterocycles. The molecule has 2 amide bonds. The minimum absolute atomic E-state index is 0.0817. The maximum Gasteiger partial charge on any atom is 0.242 e. The van der Waals surface area contributed by atoms with Crippen LogP contribution in [0, 0.1) is 0 Å². The van der Waals surface area contributed by atoms with E-state index in [1.54, 1.807) is 11.8 Å². The van der Waals surface area contributed by atoms with E-state index in [4.69, 9.17) is 5.73 Å². The molecule has 0 spiro atoms. The summed E-state index contributed by atoms with van der Waals surface area (Å²) in [5, 5.41) is 0. The third-order valence-electron chi connectivity index (χ3n) is 3.93. The lowest BCUT2D eigenvalue weighted by atomic mass is 9.97. The van der Waals surface area contributed by atoms with Crippen LogP contribution in [0.5, 0.6) is 0 Å². The van der Waals surface area contributed by atoms with Crippen LogP contribution < -0.4 is 5.73 Å². The Morgan fingerprint density at radius 1 is 1.00 bits per heavy atom. The first-order valence-electron chi connectivity index (χ1n) is 6.37. The van der Waals surface area contributed by atoms with E-state index >= 15 is 0 Å². The summed E-state index contributed by atoms with van der Waals surface area (Å²) < 4.78 is 0. The molecule has 1 saturated carbocycles. The van der Waals surface area contributed by atoms with Crippen LogP contribution in [0.2, 0.25) is 0 Å². The molecule has 2 fully saturated rings. The predicted molar refractivity (Wildman–Crippen MR) is 64.2 cm³/mol. The molecule has 0 aromatic rings. The van der Waals surface area contributed by atoms with Crippen molar-refractivity contribution in [3.8, 4) is 0 Å². The molecule has 5 heteroatoms. The molecule has 2 rings (SSSR count). The highest BCUT2D eigenvalue weighted by Gasteiger charge is 2.40. The zero-order valence-electron chi connectivity index (χ0n) is 10.4. The van der Waals surface area contributed by atoms with E-state index in [-0.39, 0.29) is 11.8 Å². The van der Waals surface area contributed by atoms with Gasteiger partial charge in [-0.3, -0.25) is 9.59 Å². The van der Waals surface area contributed by atoms with Crippen LogP contribution in [0.15, 0.2) is 0 Å². The fourth-order valence-electron chi connectivity index (χ4n) is 2.76. The van der Waals surface area contributed by atoms with Crippen LogP contribution in [-0.4, -0.2) is 53.3 Å². The number of carbonyl (C=O) groups is 2. The van der Waals surface area contributed by atoms with Crippen molar-refractivity contribution < 1.29 is 9.59 Å². The number of hydrogen-bond donors (Lipinski definition) is 1. The van der Waals surface area contributed by atoms with Gasteiger partial charge in [-0.25, -0.2) is 0 Å². The van der Waals surface area contributed by atoms with E-state index in [9.17, 15) is 9.59 Å². The predicted octanol–water partition coefficient (Wildman–Crippen LogP) is -0.0514. The number of rotatable bonds is 1. The maximum absolute atomic E-state index is 12.3. The zero-order valence-corrected chi connectivity index (χ0v) is 10.4. The van der Waals surface area contributed by atoms with Crippen molar-refractivity contribution in [2.45, 2.75) is 38.1 Å². The van der Waals surface area contributed by atoms with Crippen molar-refractivity contribution in [3.63, 3.8) is 0 Å². The van der Waals surface area contributed by atoms with Gasteiger partial charge in [-0.05, 0) is 12.8 Å². The number of hydrogen-bond acceptors (Lipinski definition) is 3. The van der Waals surface area contributed by atoms with Gasteiger partial charge in [0.25, 0.3) is 0 Å². The fourth-order valence-corrected chi connectivity index (χ4v) is 2.76. The fraction of sp³-hybridized carbons (Fsp3) is 0.833. The summed E-state index contributed by atoms with van der Waals surface area (Å²) in [6.45, 7) is 4.09. The van der Waals surface area contributed by atoms with E-state index in [0.717, 1.165) is 25.7 Å². The van der Waals surface area contributed by atoms with Gasteiger partial charge in [-0.15, -0.1) is 0 Å². The van der Waals surface area contributed by atoms with Gasteiger partial charge in [0.15, 0.2) is 0 Å². The highest BCUT2D eigenvalue weighted by molar-refractivity contribution is 5.86. The maximum atomic E-state index is 12.3. The molecule has 2 aliphatic rings. The third kappa shape index (κ3) is 2.44. The van der Waals surface area contributed by atoms with E-state index in [1.165, 1.54) is 0 Å². The molecule has 96 valence electrons. The van der Waals surface area contributed by atoms with Crippen molar-refractivity contribution in [1.29, 1.82) is 0 Å². The van der Waals surface area contributed by atoms with Gasteiger partial charge in [0.2, 0.25) is 11.8 Å². The summed E-state index contributed by atoms with van der Waals surface area (Å²) in [7, 11) is 0. The van der Waals surface area contributed by atoms with Crippen LogP contribution in [0.3, 0.4) is 0 Å². The molecule has 0 aromatic carbocycles. The molecule has 1 aliphatic heterocycles. The normalized spacial score (nSPS) is 23.9. The van der Waals surface area contributed by atoms with Crippen LogP contribution in [0.4, 0.5) is 0 Å². The lowest BCUT2D eigenvalue weighted by molar-refractivity contribution is -0.142. The zero-order chi connectivity index (χ0) is 12.5. The number of piperazine rings is 1. The molecule has 1 aliphatic carbocycles. The smallest absolute Gasteiger partial charge is 0.242 e. The van der Waals surface area contributed by atoms with Crippen molar-refractivity contribution in [1.82, 2.24) is 9.80 Å². The minimum atomic E-state index is -0.627. The van der Waals surface area contributed by atoms with Crippen LogP contribution in [-0.2, 0) is 9.59 Å². The SMILES string of the molecule is CC(=O)N1CCN(C(=O)C2(N)CCCC2)CC1. The summed E-state index contributed by atoms with van der Waals surface area (Å²) in [5.41, 5.74) is 5.53. The highest BCUT2D eigenvalue weighted by Crippen LogP contribution is 2.29. The number of amides is 2. The van der Waals surface area contributed by atoms with Gasteiger partial charge >= 0.3 is 0 Å². The van der Waals surface area contributed by atoms with Crippen molar-refractivity contribution in [2.24, 2.45) is 5.73 Å². The Bertz CT molecular complexity index is 316. The van der Waals surface area contributed by atoms with Gasteiger partial charge in [-0.1, -0.05) is 12.8 Å². The summed E-state index contributed by atoms with van der Waals surface area (Å²) in [5.74, 6) is 0.165. The first-order chi connectivity index (χ1) is 8.03. The van der Waals surface area contributed by atoms with Crippen molar-refractivity contribution in [2.75, 3.05) is 26.2 Å². The Morgan fingerprint density at radius 2 is 1.47 bits per heavy atom. The minimum Gasteiger partial charge on any atom is -0.339 e. The molecular weight excluding hydrogens is 218 g/mol. The first kappa shape index (κ1) is 12.4. The summed E-state index contributed by atoms with van der Waals surface area (Å²) in [4.78, 5) is 27.1. The Labute approximate surface area is 102 Å². The Kier molecular flexibility index (Phi) is 3.38. The molecule has 0 bridgehead atoms. The molecular formula is C12H21N3O2. The Balaban J connectivity index is 1.92. The van der Waals surface area contributed by atoms with Crippen LogP contribution >= 0.6 is 0 Å².